The number of benzene rings is 2. The summed E-state index contributed by atoms with van der Waals surface area (Å²) < 4.78 is 39.2. The monoisotopic (exact) mass is 393 g/mol. The summed E-state index contributed by atoms with van der Waals surface area (Å²) in [5, 5.41) is 2.45. The maximum atomic E-state index is 14.0. The van der Waals surface area contributed by atoms with Crippen molar-refractivity contribution in [2.24, 2.45) is 5.73 Å². The number of nitrogens with one attached hydrogen (secondary N) is 1. The summed E-state index contributed by atoms with van der Waals surface area (Å²) in [6.45, 7) is 2.64. The summed E-state index contributed by atoms with van der Waals surface area (Å²) >= 11 is 0. The Balaban J connectivity index is 2.33. The molecule has 0 heterocycles. The Labute approximate surface area is 157 Å². The normalized spacial score (nSPS) is 11.1. The van der Waals surface area contributed by atoms with Crippen LogP contribution in [-0.2, 0) is 14.8 Å². The number of amides is 2. The standard InChI is InChI=1S/C18H20FN3O4S/c1-11-6-4-5-7-16(11)22(27(3,25)26)10-17(23)21-15-9-13(18(20)24)8-14(19)12(15)2/h4-9H,10H2,1-3H3,(H2,20,24)(H,21,23). The molecule has 0 radical (unpaired) electrons. The Morgan fingerprint density at radius 2 is 1.81 bits per heavy atom. The van der Waals surface area contributed by atoms with Gasteiger partial charge < -0.3 is 11.1 Å². The Morgan fingerprint density at radius 3 is 2.37 bits per heavy atom. The molecule has 0 aromatic heterocycles. The molecular formula is C18H20FN3O4S. The zero-order valence-electron chi connectivity index (χ0n) is 15.1. The second kappa shape index (κ2) is 7.75. The molecule has 3 N–H and O–H groups in total. The minimum absolute atomic E-state index is 0.0482. The first-order chi connectivity index (χ1) is 12.5. The van der Waals surface area contributed by atoms with Crippen molar-refractivity contribution in [3.05, 3.63) is 58.9 Å². The van der Waals surface area contributed by atoms with E-state index in [-0.39, 0.29) is 16.8 Å². The van der Waals surface area contributed by atoms with Gasteiger partial charge in [0.05, 0.1) is 11.9 Å². The minimum atomic E-state index is -3.74. The summed E-state index contributed by atoms with van der Waals surface area (Å²) in [6, 6.07) is 8.94. The lowest BCUT2D eigenvalue weighted by atomic mass is 10.1. The zero-order valence-corrected chi connectivity index (χ0v) is 15.9. The van der Waals surface area contributed by atoms with Gasteiger partial charge in [-0.1, -0.05) is 18.2 Å². The molecule has 7 nitrogen and oxygen atoms in total. The average molecular weight is 393 g/mol. The number of sulfonamides is 1. The van der Waals surface area contributed by atoms with Gasteiger partial charge in [0.25, 0.3) is 0 Å². The lowest BCUT2D eigenvalue weighted by molar-refractivity contribution is -0.114. The predicted molar refractivity (Wildman–Crippen MR) is 102 cm³/mol. The van der Waals surface area contributed by atoms with Crippen LogP contribution in [0.4, 0.5) is 15.8 Å². The van der Waals surface area contributed by atoms with Crippen LogP contribution < -0.4 is 15.4 Å². The summed E-state index contributed by atoms with van der Waals surface area (Å²) in [5.41, 5.74) is 6.25. The molecule has 0 saturated heterocycles. The molecule has 2 aromatic carbocycles. The van der Waals surface area contributed by atoms with E-state index in [1.807, 2.05) is 0 Å². The van der Waals surface area contributed by atoms with Crippen molar-refractivity contribution in [2.75, 3.05) is 22.4 Å². The van der Waals surface area contributed by atoms with Gasteiger partial charge in [-0.15, -0.1) is 0 Å². The number of primary amides is 1. The number of nitrogens with zero attached hydrogens (tertiary/aromatic N) is 1. The number of anilines is 2. The molecule has 0 aliphatic carbocycles. The summed E-state index contributed by atoms with van der Waals surface area (Å²) in [6.07, 6.45) is 0.991. The first-order valence-electron chi connectivity index (χ1n) is 7.94. The molecule has 2 aromatic rings. The van der Waals surface area contributed by atoms with E-state index < -0.39 is 34.2 Å². The van der Waals surface area contributed by atoms with Gasteiger partial charge in [-0.3, -0.25) is 13.9 Å². The highest BCUT2D eigenvalue weighted by molar-refractivity contribution is 7.92. The fourth-order valence-electron chi connectivity index (χ4n) is 2.50. The van der Waals surface area contributed by atoms with E-state index in [0.29, 0.717) is 11.3 Å². The van der Waals surface area contributed by atoms with Crippen LogP contribution in [0, 0.1) is 19.7 Å². The van der Waals surface area contributed by atoms with Crippen LogP contribution in [0.25, 0.3) is 0 Å². The van der Waals surface area contributed by atoms with Crippen molar-refractivity contribution in [3.8, 4) is 0 Å². The molecule has 2 amide bonds. The zero-order chi connectivity index (χ0) is 20.4. The number of hydrogen-bond acceptors (Lipinski definition) is 4. The van der Waals surface area contributed by atoms with Gasteiger partial charge >= 0.3 is 0 Å². The number of hydrogen-bond donors (Lipinski definition) is 2. The Morgan fingerprint density at radius 1 is 1.19 bits per heavy atom. The molecule has 0 unspecified atom stereocenters. The van der Waals surface area contributed by atoms with Crippen LogP contribution in [0.2, 0.25) is 0 Å². The highest BCUT2D eigenvalue weighted by atomic mass is 32.2. The molecule has 0 bridgehead atoms. The van der Waals surface area contributed by atoms with E-state index in [9.17, 15) is 22.4 Å². The second-order valence-corrected chi connectivity index (χ2v) is 8.01. The van der Waals surface area contributed by atoms with E-state index in [1.165, 1.54) is 13.0 Å². The smallest absolute Gasteiger partial charge is 0.248 e. The van der Waals surface area contributed by atoms with Crippen LogP contribution in [0.5, 0.6) is 0 Å². The third-order valence-corrected chi connectivity index (χ3v) is 5.10. The molecule has 27 heavy (non-hydrogen) atoms. The molecule has 0 saturated carbocycles. The number of carbonyl (C=O) groups is 2. The van der Waals surface area contributed by atoms with Crippen LogP contribution in [0.1, 0.15) is 21.5 Å². The molecular weight excluding hydrogens is 373 g/mol. The number of rotatable bonds is 6. The van der Waals surface area contributed by atoms with Gasteiger partial charge in [-0.05, 0) is 37.6 Å². The Kier molecular flexibility index (Phi) is 5.85. The molecule has 144 valence electrons. The van der Waals surface area contributed by atoms with E-state index in [0.717, 1.165) is 16.6 Å². The number of halogens is 1. The van der Waals surface area contributed by atoms with Crippen molar-refractivity contribution in [1.82, 2.24) is 0 Å². The molecule has 0 fully saturated rings. The topological polar surface area (TPSA) is 110 Å². The molecule has 0 aliphatic rings. The van der Waals surface area contributed by atoms with Crippen LogP contribution in [0.3, 0.4) is 0 Å². The third kappa shape index (κ3) is 4.82. The molecule has 0 atom stereocenters. The molecule has 0 aliphatic heterocycles. The quantitative estimate of drug-likeness (QED) is 0.781. The minimum Gasteiger partial charge on any atom is -0.366 e. The van der Waals surface area contributed by atoms with Crippen molar-refractivity contribution >= 4 is 33.2 Å². The van der Waals surface area contributed by atoms with E-state index in [2.05, 4.69) is 5.32 Å². The van der Waals surface area contributed by atoms with Crippen LogP contribution in [-0.4, -0.2) is 33.0 Å². The largest absolute Gasteiger partial charge is 0.366 e. The number of para-hydroxylation sites is 1. The highest BCUT2D eigenvalue weighted by Gasteiger charge is 2.23. The maximum absolute atomic E-state index is 14.0. The number of carbonyl (C=O) groups excluding carboxylic acids is 2. The fourth-order valence-corrected chi connectivity index (χ4v) is 3.41. The van der Waals surface area contributed by atoms with Crippen molar-refractivity contribution in [2.45, 2.75) is 13.8 Å². The highest BCUT2D eigenvalue weighted by Crippen LogP contribution is 2.23. The lowest BCUT2D eigenvalue weighted by Gasteiger charge is -2.23. The van der Waals surface area contributed by atoms with Crippen molar-refractivity contribution in [1.29, 1.82) is 0 Å². The second-order valence-electron chi connectivity index (χ2n) is 6.10. The van der Waals surface area contributed by atoms with Crippen LogP contribution >= 0.6 is 0 Å². The Hall–Kier alpha value is -2.94. The summed E-state index contributed by atoms with van der Waals surface area (Å²) in [5.74, 6) is -2.24. The predicted octanol–water partition coefficient (Wildman–Crippen LogP) is 1.95. The average Bonchev–Trinajstić information content (AvgIpc) is 2.56. The van der Waals surface area contributed by atoms with E-state index in [1.54, 1.807) is 31.2 Å². The Bertz CT molecular complexity index is 1010. The van der Waals surface area contributed by atoms with E-state index in [4.69, 9.17) is 5.73 Å². The number of nitrogens with two attached hydrogens (primary N) is 1. The lowest BCUT2D eigenvalue weighted by Crippen LogP contribution is -2.38. The van der Waals surface area contributed by atoms with Crippen LogP contribution in [0.15, 0.2) is 36.4 Å². The summed E-state index contributed by atoms with van der Waals surface area (Å²) in [4.78, 5) is 23.7. The van der Waals surface area contributed by atoms with Crippen molar-refractivity contribution < 1.29 is 22.4 Å². The molecule has 0 spiro atoms. The van der Waals surface area contributed by atoms with Crippen molar-refractivity contribution in [3.63, 3.8) is 0 Å². The van der Waals surface area contributed by atoms with Gasteiger partial charge in [0.1, 0.15) is 12.4 Å². The third-order valence-electron chi connectivity index (χ3n) is 3.97. The molecule has 9 heteroatoms. The fraction of sp³-hybridized carbons (Fsp3) is 0.222. The number of aryl methyl sites for hydroxylation is 1. The molecule has 2 rings (SSSR count). The summed E-state index contributed by atoms with van der Waals surface area (Å²) in [7, 11) is -3.74. The van der Waals surface area contributed by atoms with Gasteiger partial charge in [0, 0.05) is 16.8 Å². The van der Waals surface area contributed by atoms with Gasteiger partial charge in [0.15, 0.2) is 0 Å². The maximum Gasteiger partial charge on any atom is 0.248 e. The van der Waals surface area contributed by atoms with Gasteiger partial charge in [-0.25, -0.2) is 12.8 Å². The van der Waals surface area contributed by atoms with Gasteiger partial charge in [-0.2, -0.15) is 0 Å². The first-order valence-corrected chi connectivity index (χ1v) is 9.78. The first kappa shape index (κ1) is 20.4. The van der Waals surface area contributed by atoms with E-state index >= 15 is 0 Å². The van der Waals surface area contributed by atoms with Gasteiger partial charge in [0.2, 0.25) is 21.8 Å². The SMILES string of the molecule is Cc1ccccc1N(CC(=O)Nc1cc(C(N)=O)cc(F)c1C)S(C)(=O)=O.